The lowest BCUT2D eigenvalue weighted by Gasteiger charge is -2.07. The number of rotatable bonds is 3. The van der Waals surface area contributed by atoms with Crippen molar-refractivity contribution >= 4 is 13.8 Å². The van der Waals surface area contributed by atoms with Gasteiger partial charge in [-0.3, -0.25) is 4.57 Å². The molecule has 0 atom stereocenters. The van der Waals surface area contributed by atoms with E-state index in [0.717, 1.165) is 0 Å². The summed E-state index contributed by atoms with van der Waals surface area (Å²) in [6, 6.07) is 2.77. The van der Waals surface area contributed by atoms with Gasteiger partial charge in [0.15, 0.2) is 0 Å². The summed E-state index contributed by atoms with van der Waals surface area (Å²) in [4.78, 5) is 31.2. The molecule has 15 heavy (non-hydrogen) atoms. The van der Waals surface area contributed by atoms with E-state index in [1.807, 2.05) is 0 Å². The average Bonchev–Trinajstić information content (AvgIpc) is 2.05. The lowest BCUT2D eigenvalue weighted by molar-refractivity contribution is 0.142. The van der Waals surface area contributed by atoms with Crippen molar-refractivity contribution in [2.24, 2.45) is 0 Å². The quantitative estimate of drug-likeness (QED) is 0.522. The molecule has 0 aromatic carbocycles. The molecule has 0 bridgehead atoms. The maximum Gasteiger partial charge on any atom is 0.512 e. The van der Waals surface area contributed by atoms with Crippen molar-refractivity contribution < 1.29 is 29.0 Å². The first kappa shape index (κ1) is 11.6. The Hall–Kier alpha value is -1.43. The van der Waals surface area contributed by atoms with Crippen LogP contribution in [0.4, 0.5) is 4.79 Å². The molecule has 0 saturated heterocycles. The van der Waals surface area contributed by atoms with Gasteiger partial charge in [0, 0.05) is 11.8 Å². The maximum atomic E-state index is 10.7. The zero-order valence-corrected chi connectivity index (χ0v) is 8.29. The summed E-state index contributed by atoms with van der Waals surface area (Å²) in [6.45, 7) is 0. The van der Waals surface area contributed by atoms with Gasteiger partial charge in [-0.05, 0) is 6.07 Å². The first-order valence-electron chi connectivity index (χ1n) is 3.78. The second-order valence-electron chi connectivity index (χ2n) is 2.66. The molecule has 1 rings (SSSR count). The molecule has 82 valence electrons. The Balaban J connectivity index is 2.96. The fourth-order valence-electron chi connectivity index (χ4n) is 0.941. The molecule has 8 heteroatoms. The van der Waals surface area contributed by atoms with Crippen molar-refractivity contribution in [3.63, 3.8) is 0 Å². The molecule has 0 saturated carbocycles. The van der Waals surface area contributed by atoms with Crippen LogP contribution in [-0.2, 0) is 10.7 Å². The molecule has 1 heterocycles. The van der Waals surface area contributed by atoms with Crippen LogP contribution >= 0.6 is 7.60 Å². The summed E-state index contributed by atoms with van der Waals surface area (Å²) in [5, 5.41) is 8.33. The molecular formula is C7H8NO6P. The van der Waals surface area contributed by atoms with Gasteiger partial charge in [0.25, 0.3) is 0 Å². The number of hydrogen-bond acceptors (Lipinski definition) is 4. The van der Waals surface area contributed by atoms with Gasteiger partial charge in [-0.25, -0.2) is 9.78 Å². The Kier molecular flexibility index (Phi) is 3.41. The molecule has 0 aliphatic rings. The largest absolute Gasteiger partial charge is 0.512 e. The maximum absolute atomic E-state index is 10.7. The third kappa shape index (κ3) is 4.07. The Labute approximate surface area is 84.5 Å². The molecule has 7 nitrogen and oxygen atoms in total. The highest BCUT2D eigenvalue weighted by molar-refractivity contribution is 7.50. The van der Waals surface area contributed by atoms with Crippen molar-refractivity contribution in [2.75, 3.05) is 0 Å². The number of pyridine rings is 1. The fraction of sp³-hybridized carbons (Fsp3) is 0.143. The van der Waals surface area contributed by atoms with Gasteiger partial charge in [-0.1, -0.05) is 6.07 Å². The van der Waals surface area contributed by atoms with Crippen LogP contribution < -0.4 is 4.74 Å². The molecular weight excluding hydrogens is 225 g/mol. The topological polar surface area (TPSA) is 117 Å². The average molecular weight is 233 g/mol. The lowest BCUT2D eigenvalue weighted by atomic mass is 10.3. The van der Waals surface area contributed by atoms with E-state index in [4.69, 9.17) is 14.9 Å². The van der Waals surface area contributed by atoms with Gasteiger partial charge in [0.05, 0.1) is 6.16 Å². The van der Waals surface area contributed by atoms with E-state index < -0.39 is 19.9 Å². The second-order valence-corrected chi connectivity index (χ2v) is 4.30. The van der Waals surface area contributed by atoms with Crippen LogP contribution in [-0.4, -0.2) is 26.0 Å². The van der Waals surface area contributed by atoms with Crippen molar-refractivity contribution in [2.45, 2.75) is 6.16 Å². The molecule has 3 N–H and O–H groups in total. The van der Waals surface area contributed by atoms with Crippen molar-refractivity contribution in [1.82, 2.24) is 4.98 Å². The van der Waals surface area contributed by atoms with E-state index >= 15 is 0 Å². The number of ether oxygens (including phenoxy) is 1. The highest BCUT2D eigenvalue weighted by Crippen LogP contribution is 2.40. The van der Waals surface area contributed by atoms with Crippen LogP contribution in [0.2, 0.25) is 0 Å². The van der Waals surface area contributed by atoms with Gasteiger partial charge in [-0.15, -0.1) is 0 Å². The van der Waals surface area contributed by atoms with Crippen molar-refractivity contribution in [1.29, 1.82) is 0 Å². The smallest absolute Gasteiger partial charge is 0.449 e. The lowest BCUT2D eigenvalue weighted by Crippen LogP contribution is -2.07. The summed E-state index contributed by atoms with van der Waals surface area (Å²) in [6.07, 6.45) is -0.925. The fourth-order valence-corrected chi connectivity index (χ4v) is 1.63. The molecule has 0 aliphatic carbocycles. The summed E-state index contributed by atoms with van der Waals surface area (Å²) in [5.74, 6) is -0.312. The predicted molar refractivity (Wildman–Crippen MR) is 48.6 cm³/mol. The monoisotopic (exact) mass is 233 g/mol. The summed E-state index contributed by atoms with van der Waals surface area (Å²) in [5.41, 5.74) is 0.0493. The van der Waals surface area contributed by atoms with Crippen LogP contribution in [0.5, 0.6) is 5.88 Å². The van der Waals surface area contributed by atoms with Crippen LogP contribution in [0.25, 0.3) is 0 Å². The highest BCUT2D eigenvalue weighted by atomic mass is 31.2. The van der Waals surface area contributed by atoms with Crippen molar-refractivity contribution in [3.05, 3.63) is 23.9 Å². The standard InChI is InChI=1S/C7H8NO6P/c9-7(10)14-6-5(2-1-3-8-6)4-15(11,12)13/h1-3H,4H2,(H,9,10)(H2,11,12,13). The van der Waals surface area contributed by atoms with E-state index in [2.05, 4.69) is 9.72 Å². The molecule has 0 fully saturated rings. The molecule has 0 amide bonds. The third-order valence-corrected chi connectivity index (χ3v) is 2.16. The molecule has 0 radical (unpaired) electrons. The summed E-state index contributed by atoms with van der Waals surface area (Å²) < 4.78 is 15.0. The molecule has 0 spiro atoms. The molecule has 1 aromatic heterocycles. The van der Waals surface area contributed by atoms with Gasteiger partial charge in [-0.2, -0.15) is 0 Å². The van der Waals surface area contributed by atoms with Gasteiger partial charge in [0.2, 0.25) is 5.88 Å². The van der Waals surface area contributed by atoms with E-state index in [0.29, 0.717) is 0 Å². The number of nitrogens with zero attached hydrogens (tertiary/aromatic N) is 1. The first-order valence-corrected chi connectivity index (χ1v) is 5.57. The summed E-state index contributed by atoms with van der Waals surface area (Å²) >= 11 is 0. The predicted octanol–water partition coefficient (Wildman–Crippen LogP) is 0.816. The Morgan fingerprint density at radius 1 is 1.53 bits per heavy atom. The minimum Gasteiger partial charge on any atom is -0.449 e. The minimum atomic E-state index is -4.27. The second kappa shape index (κ2) is 4.39. The zero-order chi connectivity index (χ0) is 11.5. The van der Waals surface area contributed by atoms with Crippen LogP contribution in [0.15, 0.2) is 18.3 Å². The Morgan fingerprint density at radius 2 is 2.20 bits per heavy atom. The molecule has 0 unspecified atom stereocenters. The van der Waals surface area contributed by atoms with Crippen LogP contribution in [0, 0.1) is 0 Å². The molecule has 1 aromatic rings. The number of aromatic nitrogens is 1. The third-order valence-electron chi connectivity index (χ3n) is 1.41. The first-order chi connectivity index (χ1) is 6.88. The van der Waals surface area contributed by atoms with Crippen LogP contribution in [0.1, 0.15) is 5.56 Å². The Morgan fingerprint density at radius 3 is 2.73 bits per heavy atom. The van der Waals surface area contributed by atoms with Crippen LogP contribution in [0.3, 0.4) is 0 Å². The van der Waals surface area contributed by atoms with E-state index in [1.54, 1.807) is 0 Å². The van der Waals surface area contributed by atoms with E-state index in [9.17, 15) is 9.36 Å². The number of carboxylic acid groups (broad SMARTS) is 1. The zero-order valence-electron chi connectivity index (χ0n) is 7.40. The SMILES string of the molecule is O=C(O)Oc1ncccc1CP(=O)(O)O. The number of hydrogen-bond donors (Lipinski definition) is 3. The van der Waals surface area contributed by atoms with E-state index in [1.165, 1.54) is 18.3 Å². The van der Waals surface area contributed by atoms with E-state index in [-0.39, 0.29) is 11.4 Å². The molecule has 0 aliphatic heterocycles. The normalized spacial score (nSPS) is 11.1. The van der Waals surface area contributed by atoms with Gasteiger partial charge in [0.1, 0.15) is 0 Å². The Bertz CT molecular complexity index is 414. The minimum absolute atomic E-state index is 0.0493. The highest BCUT2D eigenvalue weighted by Gasteiger charge is 2.19. The summed E-state index contributed by atoms with van der Waals surface area (Å²) in [7, 11) is -4.27. The van der Waals surface area contributed by atoms with Gasteiger partial charge < -0.3 is 19.6 Å². The van der Waals surface area contributed by atoms with Gasteiger partial charge >= 0.3 is 13.8 Å². The number of carbonyl (C=O) groups is 1. The van der Waals surface area contributed by atoms with Crippen molar-refractivity contribution in [3.8, 4) is 5.88 Å².